The monoisotopic (exact) mass is 287 g/mol. The third-order valence-electron chi connectivity index (χ3n) is 3.73. The predicted octanol–water partition coefficient (Wildman–Crippen LogP) is 2.10. The highest BCUT2D eigenvalue weighted by molar-refractivity contribution is 5.81. The van der Waals surface area contributed by atoms with E-state index >= 15 is 0 Å². The highest BCUT2D eigenvalue weighted by atomic mass is 19.1. The van der Waals surface area contributed by atoms with Crippen molar-refractivity contribution in [3.8, 4) is 0 Å². The molecule has 4 N–H and O–H groups in total. The quantitative estimate of drug-likeness (QED) is 0.584. The number of nitrogen functional groups attached to an aromatic ring is 1. The van der Waals surface area contributed by atoms with Gasteiger partial charge in [-0.05, 0) is 37.0 Å². The number of halogens is 1. The van der Waals surface area contributed by atoms with Crippen LogP contribution in [-0.4, -0.2) is 22.3 Å². The fraction of sp³-hybridized carbons (Fsp3) is 0.333. The summed E-state index contributed by atoms with van der Waals surface area (Å²) in [6, 6.07) is 6.43. The first-order valence-electron chi connectivity index (χ1n) is 7.08. The zero-order chi connectivity index (χ0) is 14.8. The van der Waals surface area contributed by atoms with Gasteiger partial charge in [-0.1, -0.05) is 12.1 Å². The molecule has 0 saturated carbocycles. The lowest BCUT2D eigenvalue weighted by Crippen LogP contribution is -2.24. The molecule has 5 nitrogen and oxygen atoms in total. The molecule has 1 aromatic heterocycles. The van der Waals surface area contributed by atoms with Crippen molar-refractivity contribution in [2.45, 2.75) is 25.7 Å². The summed E-state index contributed by atoms with van der Waals surface area (Å²) in [6.45, 7) is 0.863. The Balaban J connectivity index is 1.98. The first-order valence-corrected chi connectivity index (χ1v) is 7.08. The van der Waals surface area contributed by atoms with Gasteiger partial charge < -0.3 is 11.1 Å². The van der Waals surface area contributed by atoms with E-state index in [1.165, 1.54) is 16.8 Å². The first kappa shape index (κ1) is 13.6. The van der Waals surface area contributed by atoms with E-state index in [4.69, 9.17) is 11.1 Å². The molecular formula is C15H18FN5. The van der Waals surface area contributed by atoms with E-state index in [2.05, 4.69) is 10.4 Å². The van der Waals surface area contributed by atoms with E-state index in [9.17, 15) is 4.39 Å². The molecule has 110 valence electrons. The lowest BCUT2D eigenvalue weighted by Gasteiger charge is -2.06. The van der Waals surface area contributed by atoms with Crippen molar-refractivity contribution < 1.29 is 4.39 Å². The zero-order valence-electron chi connectivity index (χ0n) is 11.7. The maximum atomic E-state index is 13.0. The Hall–Kier alpha value is -2.37. The van der Waals surface area contributed by atoms with Crippen molar-refractivity contribution in [1.82, 2.24) is 9.78 Å². The Morgan fingerprint density at radius 2 is 2.10 bits per heavy atom. The minimum absolute atomic E-state index is 0.0917. The van der Waals surface area contributed by atoms with E-state index in [0.29, 0.717) is 6.42 Å². The maximum absolute atomic E-state index is 13.0. The van der Waals surface area contributed by atoms with Crippen LogP contribution >= 0.6 is 0 Å². The van der Waals surface area contributed by atoms with Gasteiger partial charge in [0, 0.05) is 18.5 Å². The molecule has 6 heteroatoms. The lowest BCUT2D eigenvalue weighted by atomic mass is 10.0. The summed E-state index contributed by atoms with van der Waals surface area (Å²) < 4.78 is 14.4. The van der Waals surface area contributed by atoms with Crippen LogP contribution in [0.15, 0.2) is 24.3 Å². The van der Waals surface area contributed by atoms with Gasteiger partial charge in [0.05, 0.1) is 5.69 Å². The molecule has 0 radical (unpaired) electrons. The van der Waals surface area contributed by atoms with Crippen LogP contribution in [0.25, 0.3) is 0 Å². The van der Waals surface area contributed by atoms with Gasteiger partial charge in [0.2, 0.25) is 5.96 Å². The Labute approximate surface area is 122 Å². The lowest BCUT2D eigenvalue weighted by molar-refractivity contribution is 0.627. The Morgan fingerprint density at radius 3 is 2.81 bits per heavy atom. The highest BCUT2D eigenvalue weighted by Gasteiger charge is 2.20. The minimum Gasteiger partial charge on any atom is -0.370 e. The molecule has 21 heavy (non-hydrogen) atoms. The minimum atomic E-state index is -0.242. The molecule has 1 aliphatic heterocycles. The fourth-order valence-corrected chi connectivity index (χ4v) is 2.69. The molecule has 0 spiro atoms. The van der Waals surface area contributed by atoms with Crippen LogP contribution in [0, 0.1) is 11.2 Å². The SMILES string of the molecule is N=C(N)n1nc(Cc2ccc(F)cc2)c2c1NCCCC2. The van der Waals surface area contributed by atoms with Crippen LogP contribution in [-0.2, 0) is 12.8 Å². The van der Waals surface area contributed by atoms with E-state index in [1.54, 1.807) is 12.1 Å². The number of rotatable bonds is 2. The smallest absolute Gasteiger partial charge is 0.215 e. The second-order valence-corrected chi connectivity index (χ2v) is 5.26. The van der Waals surface area contributed by atoms with Crippen molar-refractivity contribution in [3.63, 3.8) is 0 Å². The number of aromatic nitrogens is 2. The molecule has 2 heterocycles. The predicted molar refractivity (Wildman–Crippen MR) is 80.2 cm³/mol. The number of hydrogen-bond acceptors (Lipinski definition) is 3. The van der Waals surface area contributed by atoms with Crippen molar-refractivity contribution in [2.75, 3.05) is 11.9 Å². The summed E-state index contributed by atoms with van der Waals surface area (Å²) in [4.78, 5) is 0. The van der Waals surface area contributed by atoms with E-state index in [0.717, 1.165) is 48.4 Å². The number of hydrogen-bond donors (Lipinski definition) is 3. The average molecular weight is 287 g/mol. The summed E-state index contributed by atoms with van der Waals surface area (Å²) in [5, 5.41) is 15.4. The fourth-order valence-electron chi connectivity index (χ4n) is 2.69. The van der Waals surface area contributed by atoms with Gasteiger partial charge in [-0.3, -0.25) is 5.41 Å². The van der Waals surface area contributed by atoms with E-state index < -0.39 is 0 Å². The Bertz CT molecular complexity index is 659. The van der Waals surface area contributed by atoms with Gasteiger partial charge in [0.25, 0.3) is 0 Å². The van der Waals surface area contributed by atoms with Crippen molar-refractivity contribution in [3.05, 3.63) is 46.9 Å². The van der Waals surface area contributed by atoms with Crippen LogP contribution in [0.4, 0.5) is 10.2 Å². The second kappa shape index (κ2) is 5.55. The van der Waals surface area contributed by atoms with E-state index in [-0.39, 0.29) is 11.8 Å². The normalized spacial score (nSPS) is 14.1. The van der Waals surface area contributed by atoms with Gasteiger partial charge in [-0.15, -0.1) is 0 Å². The van der Waals surface area contributed by atoms with Gasteiger partial charge in [-0.2, -0.15) is 9.78 Å². The summed E-state index contributed by atoms with van der Waals surface area (Å²) in [5.74, 6) is 0.497. The second-order valence-electron chi connectivity index (χ2n) is 5.26. The summed E-state index contributed by atoms with van der Waals surface area (Å²) in [6.07, 6.45) is 3.71. The molecule has 0 fully saturated rings. The van der Waals surface area contributed by atoms with Crippen LogP contribution in [0.2, 0.25) is 0 Å². The third-order valence-corrected chi connectivity index (χ3v) is 3.73. The summed E-state index contributed by atoms with van der Waals surface area (Å²) in [7, 11) is 0. The van der Waals surface area contributed by atoms with Gasteiger partial charge in [0.1, 0.15) is 11.6 Å². The zero-order valence-corrected chi connectivity index (χ0v) is 11.7. The third kappa shape index (κ3) is 2.74. The molecule has 0 saturated heterocycles. The largest absolute Gasteiger partial charge is 0.370 e. The van der Waals surface area contributed by atoms with Gasteiger partial charge in [-0.25, -0.2) is 4.39 Å². The molecule has 3 rings (SSSR count). The van der Waals surface area contributed by atoms with Crippen LogP contribution in [0.3, 0.4) is 0 Å². The molecule has 1 aliphatic rings. The maximum Gasteiger partial charge on any atom is 0.215 e. The average Bonchev–Trinajstić information content (AvgIpc) is 2.65. The Morgan fingerprint density at radius 1 is 1.33 bits per heavy atom. The number of fused-ring (bicyclic) bond motifs is 1. The number of anilines is 1. The topological polar surface area (TPSA) is 79.7 Å². The Kier molecular flexibility index (Phi) is 3.60. The van der Waals surface area contributed by atoms with Gasteiger partial charge >= 0.3 is 0 Å². The van der Waals surface area contributed by atoms with Crippen LogP contribution < -0.4 is 11.1 Å². The molecule has 1 aromatic carbocycles. The van der Waals surface area contributed by atoms with Crippen molar-refractivity contribution in [1.29, 1.82) is 5.41 Å². The van der Waals surface area contributed by atoms with Crippen LogP contribution in [0.5, 0.6) is 0 Å². The molecule has 0 atom stereocenters. The molecule has 0 aliphatic carbocycles. The number of nitrogens with zero attached hydrogens (tertiary/aromatic N) is 2. The van der Waals surface area contributed by atoms with Crippen LogP contribution in [0.1, 0.15) is 29.7 Å². The van der Waals surface area contributed by atoms with Crippen molar-refractivity contribution in [2.24, 2.45) is 5.73 Å². The number of benzene rings is 1. The highest BCUT2D eigenvalue weighted by Crippen LogP contribution is 2.26. The molecular weight excluding hydrogens is 269 g/mol. The van der Waals surface area contributed by atoms with E-state index in [1.807, 2.05) is 0 Å². The van der Waals surface area contributed by atoms with Gasteiger partial charge in [0.15, 0.2) is 0 Å². The molecule has 0 amide bonds. The first-order chi connectivity index (χ1) is 10.1. The standard InChI is InChI=1S/C15H18FN5/c16-11-6-4-10(5-7-11)9-13-12-3-1-2-8-19-14(12)21(20-13)15(17)18/h4-7,19H,1-3,8-9H2,(H3,17,18). The number of nitrogens with one attached hydrogen (secondary N) is 2. The number of nitrogens with two attached hydrogens (primary N) is 1. The summed E-state index contributed by atoms with van der Waals surface area (Å²) in [5.41, 5.74) is 8.63. The molecule has 0 bridgehead atoms. The summed E-state index contributed by atoms with van der Waals surface area (Å²) >= 11 is 0. The van der Waals surface area contributed by atoms with Crippen molar-refractivity contribution >= 4 is 11.8 Å². The molecule has 0 unspecified atom stereocenters. The molecule has 2 aromatic rings.